The summed E-state index contributed by atoms with van der Waals surface area (Å²) in [6.45, 7) is 1.92. The number of aromatic nitrogens is 3. The molecule has 4 aliphatic carbocycles. The van der Waals surface area contributed by atoms with Gasteiger partial charge in [-0.2, -0.15) is 10.1 Å². The van der Waals surface area contributed by atoms with E-state index >= 15 is 0 Å². The van der Waals surface area contributed by atoms with Crippen molar-refractivity contribution in [1.82, 2.24) is 15.2 Å². The maximum absolute atomic E-state index is 13.0. The van der Waals surface area contributed by atoms with E-state index in [1.54, 1.807) is 7.11 Å². The fourth-order valence-electron chi connectivity index (χ4n) is 6.08. The van der Waals surface area contributed by atoms with Crippen molar-refractivity contribution >= 4 is 29.2 Å². The minimum Gasteiger partial charge on any atom is -0.497 e. The summed E-state index contributed by atoms with van der Waals surface area (Å²) >= 11 is 1.42. The van der Waals surface area contributed by atoms with Gasteiger partial charge in [0.15, 0.2) is 0 Å². The quantitative estimate of drug-likeness (QED) is 0.360. The molecule has 2 aromatic rings. The van der Waals surface area contributed by atoms with E-state index in [2.05, 4.69) is 25.7 Å². The van der Waals surface area contributed by atoms with Gasteiger partial charge < -0.3 is 4.74 Å². The Morgan fingerprint density at radius 1 is 1.16 bits per heavy atom. The molecule has 8 heteroatoms. The summed E-state index contributed by atoms with van der Waals surface area (Å²) in [5.74, 6) is 5.44. The molecule has 1 heterocycles. The molecule has 0 unspecified atom stereocenters. The summed E-state index contributed by atoms with van der Waals surface area (Å²) in [4.78, 5) is 17.4. The minimum atomic E-state index is 0.272. The number of rotatable bonds is 8. The molecule has 164 valence electrons. The van der Waals surface area contributed by atoms with Crippen LogP contribution in [-0.2, 0) is 4.79 Å². The first kappa shape index (κ1) is 20.5. The molecule has 1 aromatic heterocycles. The van der Waals surface area contributed by atoms with E-state index in [4.69, 9.17) is 4.74 Å². The third-order valence-corrected chi connectivity index (χ3v) is 8.11. The van der Waals surface area contributed by atoms with Crippen LogP contribution in [0.4, 0.5) is 5.95 Å². The SMILES string of the molecule is COc1ccc(/C(C)=N\Nc2nc(SCC(=O)C3C4CC5CC(C4)CC3C5)n[nH]2)cc1. The Morgan fingerprint density at radius 2 is 1.84 bits per heavy atom. The van der Waals surface area contributed by atoms with Gasteiger partial charge in [0.05, 0.1) is 18.6 Å². The van der Waals surface area contributed by atoms with Crippen LogP contribution in [0.3, 0.4) is 0 Å². The number of hydrogen-bond donors (Lipinski definition) is 2. The number of aromatic amines is 1. The first-order valence-electron chi connectivity index (χ1n) is 11.1. The molecule has 0 atom stereocenters. The molecule has 0 radical (unpaired) electrons. The molecule has 4 saturated carbocycles. The highest BCUT2D eigenvalue weighted by Gasteiger charge is 2.50. The van der Waals surface area contributed by atoms with Crippen LogP contribution >= 0.6 is 11.8 Å². The number of ether oxygens (including phenoxy) is 1. The molecule has 0 saturated heterocycles. The zero-order valence-corrected chi connectivity index (χ0v) is 18.8. The summed E-state index contributed by atoms with van der Waals surface area (Å²) in [6, 6.07) is 7.71. The van der Waals surface area contributed by atoms with Crippen LogP contribution in [0.5, 0.6) is 5.75 Å². The van der Waals surface area contributed by atoms with Crippen LogP contribution in [0.2, 0.25) is 0 Å². The highest BCUT2D eigenvalue weighted by Crippen LogP contribution is 2.56. The Hall–Kier alpha value is -2.35. The number of nitrogens with one attached hydrogen (secondary N) is 2. The van der Waals surface area contributed by atoms with Gasteiger partial charge in [-0.3, -0.25) is 4.79 Å². The number of hydrazone groups is 1. The standard InChI is InChI=1S/C23H29N5O2S/c1-13(16-3-5-19(30-2)6-4-16)25-26-22-24-23(28-27-22)31-12-20(29)21-17-8-14-7-15(10-17)11-18(21)9-14/h3-6,14-15,17-18,21H,7-12H2,1-2H3,(H2,24,26,27,28)/b25-13-. The fraction of sp³-hybridized carbons (Fsp3) is 0.565. The lowest BCUT2D eigenvalue weighted by molar-refractivity contribution is -0.133. The second-order valence-electron chi connectivity index (χ2n) is 9.22. The van der Waals surface area contributed by atoms with Crippen molar-refractivity contribution < 1.29 is 9.53 Å². The Bertz CT molecular complexity index is 943. The van der Waals surface area contributed by atoms with Crippen LogP contribution in [0.25, 0.3) is 0 Å². The van der Waals surface area contributed by atoms with Gasteiger partial charge in [-0.1, -0.05) is 11.8 Å². The van der Waals surface area contributed by atoms with Crippen LogP contribution < -0.4 is 10.2 Å². The number of ketones is 1. The van der Waals surface area contributed by atoms with E-state index in [0.29, 0.717) is 34.5 Å². The van der Waals surface area contributed by atoms with Crippen molar-refractivity contribution in [1.29, 1.82) is 0 Å². The molecule has 2 N–H and O–H groups in total. The predicted molar refractivity (Wildman–Crippen MR) is 121 cm³/mol. The Morgan fingerprint density at radius 3 is 2.48 bits per heavy atom. The maximum Gasteiger partial charge on any atom is 0.240 e. The monoisotopic (exact) mass is 439 g/mol. The lowest BCUT2D eigenvalue weighted by atomic mass is 9.51. The lowest BCUT2D eigenvalue weighted by Crippen LogP contribution is -2.48. The average molecular weight is 440 g/mol. The molecule has 0 amide bonds. The molecular weight excluding hydrogens is 410 g/mol. The van der Waals surface area contributed by atoms with Crippen molar-refractivity contribution in [2.45, 2.75) is 44.2 Å². The number of H-pyrrole nitrogens is 1. The van der Waals surface area contributed by atoms with Gasteiger partial charge in [0.25, 0.3) is 0 Å². The number of methoxy groups -OCH3 is 1. The van der Waals surface area contributed by atoms with Gasteiger partial charge in [0, 0.05) is 5.92 Å². The number of benzene rings is 1. The lowest BCUT2D eigenvalue weighted by Gasteiger charge is -2.53. The normalized spacial score (nSPS) is 29.2. The Kier molecular flexibility index (Phi) is 5.73. The van der Waals surface area contributed by atoms with Gasteiger partial charge in [-0.15, -0.1) is 5.10 Å². The molecule has 4 aliphatic rings. The number of carbonyl (C=O) groups is 1. The zero-order valence-electron chi connectivity index (χ0n) is 18.0. The van der Waals surface area contributed by atoms with Gasteiger partial charge in [-0.25, -0.2) is 10.5 Å². The van der Waals surface area contributed by atoms with Crippen molar-refractivity contribution in [3.63, 3.8) is 0 Å². The van der Waals surface area contributed by atoms with Gasteiger partial charge in [-0.05, 0) is 92.5 Å². The number of thioether (sulfide) groups is 1. The Balaban J connectivity index is 1.14. The van der Waals surface area contributed by atoms with Crippen molar-refractivity contribution in [3.05, 3.63) is 29.8 Å². The van der Waals surface area contributed by atoms with Crippen LogP contribution in [0.1, 0.15) is 44.6 Å². The summed E-state index contributed by atoms with van der Waals surface area (Å²) in [6.07, 6.45) is 6.50. The predicted octanol–water partition coefficient (Wildman–Crippen LogP) is 4.38. The van der Waals surface area contributed by atoms with E-state index in [0.717, 1.165) is 28.9 Å². The topological polar surface area (TPSA) is 92.3 Å². The summed E-state index contributed by atoms with van der Waals surface area (Å²) in [5, 5.41) is 12.0. The average Bonchev–Trinajstić information content (AvgIpc) is 3.23. The van der Waals surface area contributed by atoms with Crippen LogP contribution in [0.15, 0.2) is 34.5 Å². The van der Waals surface area contributed by atoms with E-state index in [-0.39, 0.29) is 5.92 Å². The van der Waals surface area contributed by atoms with Crippen LogP contribution in [-0.4, -0.2) is 39.5 Å². The summed E-state index contributed by atoms with van der Waals surface area (Å²) in [5.41, 5.74) is 4.73. The highest BCUT2D eigenvalue weighted by atomic mass is 32.2. The minimum absolute atomic E-state index is 0.272. The third-order valence-electron chi connectivity index (χ3n) is 7.24. The largest absolute Gasteiger partial charge is 0.497 e. The third kappa shape index (κ3) is 4.35. The van der Waals surface area contributed by atoms with E-state index in [1.807, 2.05) is 31.2 Å². The van der Waals surface area contributed by atoms with Crippen molar-refractivity contribution in [2.24, 2.45) is 34.7 Å². The molecule has 4 fully saturated rings. The van der Waals surface area contributed by atoms with Gasteiger partial charge >= 0.3 is 0 Å². The summed E-state index contributed by atoms with van der Waals surface area (Å²) in [7, 11) is 1.65. The van der Waals surface area contributed by atoms with Crippen molar-refractivity contribution in [3.8, 4) is 5.75 Å². The van der Waals surface area contributed by atoms with Crippen LogP contribution in [0, 0.1) is 29.6 Å². The maximum atomic E-state index is 13.0. The molecule has 1 aromatic carbocycles. The smallest absolute Gasteiger partial charge is 0.240 e. The number of nitrogens with zero attached hydrogens (tertiary/aromatic N) is 3. The number of Topliss-reactive ketones (excluding diaryl/α,β-unsaturated/α-hetero) is 1. The van der Waals surface area contributed by atoms with Gasteiger partial charge in [0.1, 0.15) is 11.5 Å². The summed E-state index contributed by atoms with van der Waals surface area (Å²) < 4.78 is 5.18. The molecule has 4 bridgehead atoms. The molecular formula is C23H29N5O2S. The molecule has 7 nitrogen and oxygen atoms in total. The van der Waals surface area contributed by atoms with E-state index < -0.39 is 0 Å². The zero-order chi connectivity index (χ0) is 21.4. The molecule has 0 spiro atoms. The second-order valence-corrected chi connectivity index (χ2v) is 10.2. The number of hydrogen-bond acceptors (Lipinski definition) is 7. The van der Waals surface area contributed by atoms with E-state index in [1.165, 1.54) is 43.9 Å². The van der Waals surface area contributed by atoms with Gasteiger partial charge in [0.2, 0.25) is 11.1 Å². The first-order chi connectivity index (χ1) is 15.1. The highest BCUT2D eigenvalue weighted by molar-refractivity contribution is 7.99. The van der Waals surface area contributed by atoms with E-state index in [9.17, 15) is 4.79 Å². The number of carbonyl (C=O) groups excluding carboxylic acids is 1. The first-order valence-corrected chi connectivity index (χ1v) is 12.1. The fourth-order valence-corrected chi connectivity index (χ4v) is 6.81. The van der Waals surface area contributed by atoms with Crippen molar-refractivity contribution in [2.75, 3.05) is 18.3 Å². The number of anilines is 1. The Labute approximate surface area is 186 Å². The molecule has 0 aliphatic heterocycles. The molecule has 6 rings (SSSR count). The second kappa shape index (κ2) is 8.65. The molecule has 31 heavy (non-hydrogen) atoms.